The highest BCUT2D eigenvalue weighted by molar-refractivity contribution is 7.14. The van der Waals surface area contributed by atoms with E-state index in [4.69, 9.17) is 11.6 Å². The number of thiophene rings is 1. The predicted molar refractivity (Wildman–Crippen MR) is 58.7 cm³/mol. The Morgan fingerprint density at radius 3 is 3.15 bits per heavy atom. The average Bonchev–Trinajstić information content (AvgIpc) is 2.72. The fraction of sp³-hybridized carbons (Fsp3) is 0.600. The molecule has 0 saturated carbocycles. The summed E-state index contributed by atoms with van der Waals surface area (Å²) in [6.07, 6.45) is 5.03. The van der Waals surface area contributed by atoms with Gasteiger partial charge in [0, 0.05) is 6.04 Å². The Kier molecular flexibility index (Phi) is 3.25. The van der Waals surface area contributed by atoms with Crippen LogP contribution in [0.25, 0.3) is 0 Å². The first kappa shape index (κ1) is 9.50. The minimum Gasteiger partial charge on any atom is -0.314 e. The lowest BCUT2D eigenvalue weighted by molar-refractivity contribution is 0.559. The topological polar surface area (TPSA) is 12.0 Å². The van der Waals surface area contributed by atoms with Gasteiger partial charge in [0.2, 0.25) is 0 Å². The van der Waals surface area contributed by atoms with Crippen LogP contribution in [0.3, 0.4) is 0 Å². The second-order valence-electron chi connectivity index (χ2n) is 3.55. The lowest BCUT2D eigenvalue weighted by Crippen LogP contribution is -2.21. The van der Waals surface area contributed by atoms with Crippen molar-refractivity contribution >= 4 is 22.9 Å². The van der Waals surface area contributed by atoms with Gasteiger partial charge in [-0.25, -0.2) is 0 Å². The van der Waals surface area contributed by atoms with Crippen molar-refractivity contribution in [3.8, 4) is 0 Å². The van der Waals surface area contributed by atoms with Crippen molar-refractivity contribution in [2.45, 2.75) is 31.7 Å². The molecule has 72 valence electrons. The van der Waals surface area contributed by atoms with E-state index < -0.39 is 0 Å². The van der Waals surface area contributed by atoms with E-state index in [0.717, 1.165) is 16.8 Å². The van der Waals surface area contributed by atoms with E-state index in [2.05, 4.69) is 16.8 Å². The summed E-state index contributed by atoms with van der Waals surface area (Å²) in [4.78, 5) is 0. The van der Waals surface area contributed by atoms with Crippen molar-refractivity contribution in [2.24, 2.45) is 0 Å². The third kappa shape index (κ3) is 2.46. The van der Waals surface area contributed by atoms with E-state index in [-0.39, 0.29) is 0 Å². The smallest absolute Gasteiger partial charge is 0.0960 e. The summed E-state index contributed by atoms with van der Waals surface area (Å²) < 4.78 is 0.970. The minimum atomic E-state index is 0.732. The summed E-state index contributed by atoms with van der Waals surface area (Å²) >= 11 is 7.66. The van der Waals surface area contributed by atoms with E-state index in [1.54, 1.807) is 11.3 Å². The molecule has 1 N–H and O–H groups in total. The molecule has 3 heteroatoms. The fourth-order valence-electron chi connectivity index (χ4n) is 1.83. The van der Waals surface area contributed by atoms with E-state index >= 15 is 0 Å². The third-order valence-corrected chi connectivity index (χ3v) is 3.87. The minimum absolute atomic E-state index is 0.732. The zero-order valence-electron chi connectivity index (χ0n) is 7.55. The van der Waals surface area contributed by atoms with Gasteiger partial charge in [0.25, 0.3) is 0 Å². The Labute approximate surface area is 88.1 Å². The normalized spacial score (nSPS) is 22.4. The van der Waals surface area contributed by atoms with Crippen LogP contribution in [0.4, 0.5) is 0 Å². The standard InChI is InChI=1S/C10H14ClNS/c11-10-8(5-7-13-10)3-4-9-2-1-6-12-9/h5,7,9,12H,1-4,6H2. The van der Waals surface area contributed by atoms with Crippen molar-refractivity contribution in [3.63, 3.8) is 0 Å². The fourth-order valence-corrected chi connectivity index (χ4v) is 2.82. The molecule has 0 radical (unpaired) electrons. The molecule has 1 aromatic rings. The molecule has 0 spiro atoms. The van der Waals surface area contributed by atoms with Crippen LogP contribution < -0.4 is 5.32 Å². The van der Waals surface area contributed by atoms with Gasteiger partial charge in [0.15, 0.2) is 0 Å². The summed E-state index contributed by atoms with van der Waals surface area (Å²) in [6, 6.07) is 2.87. The SMILES string of the molecule is Clc1sccc1CCC1CCCN1. The van der Waals surface area contributed by atoms with Gasteiger partial charge in [0.05, 0.1) is 4.34 Å². The second kappa shape index (κ2) is 4.45. The van der Waals surface area contributed by atoms with E-state index in [0.29, 0.717) is 0 Å². The second-order valence-corrected chi connectivity index (χ2v) is 5.07. The first-order valence-electron chi connectivity index (χ1n) is 4.81. The monoisotopic (exact) mass is 215 g/mol. The van der Waals surface area contributed by atoms with Gasteiger partial charge in [-0.1, -0.05) is 11.6 Å². The van der Waals surface area contributed by atoms with E-state index in [1.807, 2.05) is 0 Å². The van der Waals surface area contributed by atoms with Crippen LogP contribution in [0.1, 0.15) is 24.8 Å². The van der Waals surface area contributed by atoms with Crippen LogP contribution in [0, 0.1) is 0 Å². The largest absolute Gasteiger partial charge is 0.314 e. The molecule has 2 rings (SSSR count). The van der Waals surface area contributed by atoms with Gasteiger partial charge < -0.3 is 5.32 Å². The summed E-state index contributed by atoms with van der Waals surface area (Å²) in [7, 11) is 0. The molecule has 1 aromatic heterocycles. The Balaban J connectivity index is 1.82. The van der Waals surface area contributed by atoms with Gasteiger partial charge in [-0.15, -0.1) is 11.3 Å². The average molecular weight is 216 g/mol. The first-order valence-corrected chi connectivity index (χ1v) is 6.07. The first-order chi connectivity index (χ1) is 6.36. The molecule has 0 aromatic carbocycles. The Bertz CT molecular complexity index is 266. The highest BCUT2D eigenvalue weighted by Gasteiger charge is 2.14. The molecule has 13 heavy (non-hydrogen) atoms. The Hall–Kier alpha value is -0.0500. The Morgan fingerprint density at radius 1 is 1.62 bits per heavy atom. The number of halogens is 1. The molecule has 1 nitrogen and oxygen atoms in total. The molecule has 2 heterocycles. The highest BCUT2D eigenvalue weighted by atomic mass is 35.5. The predicted octanol–water partition coefficient (Wildman–Crippen LogP) is 3.09. The molecule has 0 bridgehead atoms. The molecule has 1 atom stereocenters. The number of hydrogen-bond acceptors (Lipinski definition) is 2. The van der Waals surface area contributed by atoms with Crippen molar-refractivity contribution in [3.05, 3.63) is 21.3 Å². The molecule has 1 saturated heterocycles. The maximum atomic E-state index is 6.02. The molecular weight excluding hydrogens is 202 g/mol. The quantitative estimate of drug-likeness (QED) is 0.817. The number of nitrogens with one attached hydrogen (secondary N) is 1. The van der Waals surface area contributed by atoms with Crippen LogP contribution in [0.5, 0.6) is 0 Å². The molecular formula is C10H14ClNS. The van der Waals surface area contributed by atoms with Gasteiger partial charge in [-0.05, 0) is 49.2 Å². The third-order valence-electron chi connectivity index (χ3n) is 2.62. The van der Waals surface area contributed by atoms with Crippen LogP contribution in [0.15, 0.2) is 11.4 Å². The lowest BCUT2D eigenvalue weighted by Gasteiger charge is -2.08. The lowest BCUT2D eigenvalue weighted by atomic mass is 10.1. The molecule has 0 amide bonds. The molecule has 1 fully saturated rings. The van der Waals surface area contributed by atoms with E-state index in [9.17, 15) is 0 Å². The summed E-state index contributed by atoms with van der Waals surface area (Å²) in [5.74, 6) is 0. The van der Waals surface area contributed by atoms with Crippen LogP contribution in [-0.4, -0.2) is 12.6 Å². The van der Waals surface area contributed by atoms with Gasteiger partial charge >= 0.3 is 0 Å². The van der Waals surface area contributed by atoms with Gasteiger partial charge in [-0.2, -0.15) is 0 Å². The maximum Gasteiger partial charge on any atom is 0.0960 e. The van der Waals surface area contributed by atoms with Crippen molar-refractivity contribution in [1.29, 1.82) is 0 Å². The van der Waals surface area contributed by atoms with Crippen molar-refractivity contribution < 1.29 is 0 Å². The van der Waals surface area contributed by atoms with Gasteiger partial charge in [-0.3, -0.25) is 0 Å². The molecule has 0 aliphatic carbocycles. The maximum absolute atomic E-state index is 6.02. The number of rotatable bonds is 3. The van der Waals surface area contributed by atoms with Crippen molar-refractivity contribution in [1.82, 2.24) is 5.32 Å². The highest BCUT2D eigenvalue weighted by Crippen LogP contribution is 2.24. The van der Waals surface area contributed by atoms with Gasteiger partial charge in [0.1, 0.15) is 0 Å². The Morgan fingerprint density at radius 2 is 2.54 bits per heavy atom. The van der Waals surface area contributed by atoms with Crippen LogP contribution in [0.2, 0.25) is 4.34 Å². The summed E-state index contributed by atoms with van der Waals surface area (Å²) in [6.45, 7) is 1.20. The van der Waals surface area contributed by atoms with E-state index in [1.165, 1.54) is 31.4 Å². The van der Waals surface area contributed by atoms with Crippen molar-refractivity contribution in [2.75, 3.05) is 6.54 Å². The molecule has 1 unspecified atom stereocenters. The summed E-state index contributed by atoms with van der Waals surface area (Å²) in [5, 5.41) is 5.57. The number of hydrogen-bond donors (Lipinski definition) is 1. The zero-order valence-corrected chi connectivity index (χ0v) is 9.13. The molecule has 1 aliphatic rings. The molecule has 1 aliphatic heterocycles. The van der Waals surface area contributed by atoms with Crippen LogP contribution in [-0.2, 0) is 6.42 Å². The zero-order chi connectivity index (χ0) is 9.10. The van der Waals surface area contributed by atoms with Crippen LogP contribution >= 0.6 is 22.9 Å². The number of aryl methyl sites for hydroxylation is 1. The summed E-state index contributed by atoms with van der Waals surface area (Å²) in [5.41, 5.74) is 1.32.